The Morgan fingerprint density at radius 1 is 0.486 bits per heavy atom. The highest BCUT2D eigenvalue weighted by molar-refractivity contribution is 5.92. The minimum Gasteiger partial charge on any atom is -0.311 e. The van der Waals surface area contributed by atoms with E-state index in [9.17, 15) is 0 Å². The monoisotopic (exact) mass is 451 g/mol. The molecule has 0 amide bonds. The van der Waals surface area contributed by atoms with Crippen LogP contribution in [0.15, 0.2) is 133 Å². The van der Waals surface area contributed by atoms with Gasteiger partial charge in [0.15, 0.2) is 0 Å². The van der Waals surface area contributed by atoms with E-state index in [0.29, 0.717) is 0 Å². The first kappa shape index (κ1) is 22.4. The number of para-hydroxylation sites is 2. The smallest absolute Gasteiger partial charge is 0.0462 e. The first-order valence-electron chi connectivity index (χ1n) is 12.0. The summed E-state index contributed by atoms with van der Waals surface area (Å²) in [6.07, 6.45) is 2.29. The highest BCUT2D eigenvalue weighted by Gasteiger charge is 2.12. The van der Waals surface area contributed by atoms with Gasteiger partial charge < -0.3 is 4.90 Å². The summed E-state index contributed by atoms with van der Waals surface area (Å²) in [6.45, 7) is 4.34. The molecular formula is C34H29N. The Labute approximate surface area is 208 Å². The summed E-state index contributed by atoms with van der Waals surface area (Å²) in [4.78, 5) is 2.29. The summed E-state index contributed by atoms with van der Waals surface area (Å²) < 4.78 is 0. The second-order valence-corrected chi connectivity index (χ2v) is 8.82. The largest absolute Gasteiger partial charge is 0.311 e. The summed E-state index contributed by atoms with van der Waals surface area (Å²) in [7, 11) is 0. The maximum Gasteiger partial charge on any atom is 0.0462 e. The lowest BCUT2D eigenvalue weighted by atomic mass is 9.93. The number of nitrogens with zero attached hydrogens (tertiary/aromatic N) is 1. The molecule has 0 radical (unpaired) electrons. The fourth-order valence-corrected chi connectivity index (χ4v) is 4.35. The molecule has 0 heterocycles. The molecule has 0 bridgehead atoms. The molecule has 1 nitrogen and oxygen atoms in total. The fraction of sp³-hybridized carbons (Fsp3) is 0.0588. The van der Waals surface area contributed by atoms with Gasteiger partial charge in [0.25, 0.3) is 0 Å². The van der Waals surface area contributed by atoms with Crippen LogP contribution in [0.1, 0.15) is 27.8 Å². The van der Waals surface area contributed by atoms with Crippen LogP contribution in [0, 0.1) is 13.8 Å². The molecule has 0 aromatic heterocycles. The lowest BCUT2D eigenvalue weighted by Gasteiger charge is -2.25. The highest BCUT2D eigenvalue weighted by Crippen LogP contribution is 2.35. The minimum absolute atomic E-state index is 1.13. The topological polar surface area (TPSA) is 3.24 Å². The normalized spacial score (nSPS) is 11.3. The van der Waals surface area contributed by atoms with E-state index in [1.54, 1.807) is 0 Å². The molecule has 5 aromatic carbocycles. The molecule has 0 N–H and O–H groups in total. The quantitative estimate of drug-likeness (QED) is 0.232. The van der Waals surface area contributed by atoms with E-state index in [1.807, 2.05) is 0 Å². The van der Waals surface area contributed by atoms with E-state index in [1.165, 1.54) is 33.4 Å². The Kier molecular flexibility index (Phi) is 6.59. The first-order valence-corrected chi connectivity index (χ1v) is 12.0. The van der Waals surface area contributed by atoms with Crippen molar-refractivity contribution in [1.82, 2.24) is 0 Å². The van der Waals surface area contributed by atoms with E-state index in [4.69, 9.17) is 0 Å². The third kappa shape index (κ3) is 5.10. The van der Waals surface area contributed by atoms with E-state index >= 15 is 0 Å². The van der Waals surface area contributed by atoms with Crippen LogP contribution in [0.3, 0.4) is 0 Å². The van der Waals surface area contributed by atoms with Crippen molar-refractivity contribution >= 4 is 28.7 Å². The van der Waals surface area contributed by atoms with Crippen LogP contribution in [0.4, 0.5) is 17.1 Å². The molecule has 0 saturated carbocycles. The molecule has 5 rings (SSSR count). The van der Waals surface area contributed by atoms with Crippen molar-refractivity contribution in [3.8, 4) is 0 Å². The number of hydrogen-bond donors (Lipinski definition) is 0. The molecule has 0 aliphatic carbocycles. The Bertz CT molecular complexity index is 1380. The SMILES string of the molecule is Cc1ccc(/C(=C/c2ccc(N(c3ccccc3)c3ccccc3)cc2)c2ccccc2)cc1C. The van der Waals surface area contributed by atoms with Crippen LogP contribution in [0.5, 0.6) is 0 Å². The van der Waals surface area contributed by atoms with Crippen LogP contribution in [-0.4, -0.2) is 0 Å². The molecule has 0 atom stereocenters. The zero-order valence-electron chi connectivity index (χ0n) is 20.2. The van der Waals surface area contributed by atoms with Crippen molar-refractivity contribution in [1.29, 1.82) is 0 Å². The van der Waals surface area contributed by atoms with Gasteiger partial charge in [-0.15, -0.1) is 0 Å². The molecule has 5 aromatic rings. The fourth-order valence-electron chi connectivity index (χ4n) is 4.35. The van der Waals surface area contributed by atoms with E-state index in [-0.39, 0.29) is 0 Å². The number of anilines is 3. The molecule has 0 aliphatic rings. The zero-order valence-corrected chi connectivity index (χ0v) is 20.2. The summed E-state index contributed by atoms with van der Waals surface area (Å²) in [6, 6.07) is 47.2. The van der Waals surface area contributed by atoms with E-state index in [0.717, 1.165) is 17.1 Å². The predicted molar refractivity (Wildman–Crippen MR) is 150 cm³/mol. The van der Waals surface area contributed by atoms with Crippen molar-refractivity contribution in [2.75, 3.05) is 4.90 Å². The van der Waals surface area contributed by atoms with Crippen molar-refractivity contribution in [2.45, 2.75) is 13.8 Å². The Morgan fingerprint density at radius 3 is 1.54 bits per heavy atom. The van der Waals surface area contributed by atoms with Gasteiger partial charge in [0.05, 0.1) is 0 Å². The summed E-state index contributed by atoms with van der Waals surface area (Å²) in [5.41, 5.74) is 10.9. The molecule has 0 spiro atoms. The molecule has 35 heavy (non-hydrogen) atoms. The van der Waals surface area contributed by atoms with Gasteiger partial charge in [0, 0.05) is 17.1 Å². The van der Waals surface area contributed by atoms with Gasteiger partial charge in [-0.2, -0.15) is 0 Å². The second kappa shape index (κ2) is 10.3. The van der Waals surface area contributed by atoms with Gasteiger partial charge in [0.1, 0.15) is 0 Å². The van der Waals surface area contributed by atoms with Crippen LogP contribution >= 0.6 is 0 Å². The van der Waals surface area contributed by atoms with Crippen LogP contribution in [-0.2, 0) is 0 Å². The first-order chi connectivity index (χ1) is 17.2. The summed E-state index contributed by atoms with van der Waals surface area (Å²) in [5, 5.41) is 0. The van der Waals surface area contributed by atoms with Crippen molar-refractivity contribution in [3.63, 3.8) is 0 Å². The molecule has 0 fully saturated rings. The van der Waals surface area contributed by atoms with Crippen LogP contribution in [0.2, 0.25) is 0 Å². The van der Waals surface area contributed by atoms with Gasteiger partial charge in [0.2, 0.25) is 0 Å². The average Bonchev–Trinajstić information content (AvgIpc) is 2.92. The van der Waals surface area contributed by atoms with E-state index < -0.39 is 0 Å². The minimum atomic E-state index is 1.13. The van der Waals surface area contributed by atoms with E-state index in [2.05, 4.69) is 158 Å². The number of rotatable bonds is 6. The van der Waals surface area contributed by atoms with Crippen molar-refractivity contribution < 1.29 is 0 Å². The van der Waals surface area contributed by atoms with Gasteiger partial charge in [-0.25, -0.2) is 0 Å². The number of hydrogen-bond acceptors (Lipinski definition) is 1. The molecule has 0 unspecified atom stereocenters. The van der Waals surface area contributed by atoms with Gasteiger partial charge in [-0.1, -0.05) is 97.1 Å². The van der Waals surface area contributed by atoms with Crippen LogP contribution in [0.25, 0.3) is 11.6 Å². The Morgan fingerprint density at radius 2 is 1.00 bits per heavy atom. The lowest BCUT2D eigenvalue weighted by molar-refractivity contribution is 1.28. The maximum atomic E-state index is 2.29. The Hall–Kier alpha value is -4.36. The molecule has 0 saturated heterocycles. The predicted octanol–water partition coefficient (Wildman–Crippen LogP) is 9.36. The van der Waals surface area contributed by atoms with Gasteiger partial charge >= 0.3 is 0 Å². The number of aryl methyl sites for hydroxylation is 2. The third-order valence-corrected chi connectivity index (χ3v) is 6.39. The summed E-state index contributed by atoms with van der Waals surface area (Å²) in [5.74, 6) is 0. The van der Waals surface area contributed by atoms with Gasteiger partial charge in [-0.05, 0) is 89.7 Å². The van der Waals surface area contributed by atoms with Gasteiger partial charge in [-0.3, -0.25) is 0 Å². The second-order valence-electron chi connectivity index (χ2n) is 8.82. The van der Waals surface area contributed by atoms with Crippen molar-refractivity contribution in [3.05, 3.63) is 161 Å². The summed E-state index contributed by atoms with van der Waals surface area (Å²) >= 11 is 0. The molecule has 1 heteroatoms. The Balaban J connectivity index is 1.56. The third-order valence-electron chi connectivity index (χ3n) is 6.39. The molecule has 0 aliphatic heterocycles. The highest BCUT2D eigenvalue weighted by atomic mass is 15.1. The standard InChI is InChI=1S/C34H29N/c1-26-18-21-30(24-27(26)2)34(29-12-6-3-7-13-29)25-28-19-22-33(23-20-28)35(31-14-8-4-9-15-31)32-16-10-5-11-17-32/h3-25H,1-2H3/b34-25+. The molecular weight excluding hydrogens is 422 g/mol. The average molecular weight is 452 g/mol. The van der Waals surface area contributed by atoms with Crippen LogP contribution < -0.4 is 4.90 Å². The molecule has 170 valence electrons. The van der Waals surface area contributed by atoms with Crippen molar-refractivity contribution in [2.24, 2.45) is 0 Å². The zero-order chi connectivity index (χ0) is 24.0. The lowest BCUT2D eigenvalue weighted by Crippen LogP contribution is -2.09. The maximum absolute atomic E-state index is 2.29. The number of benzene rings is 5.